The summed E-state index contributed by atoms with van der Waals surface area (Å²) < 4.78 is 0. The Balaban J connectivity index is 2.43. The van der Waals surface area contributed by atoms with Gasteiger partial charge in [0.25, 0.3) is 0 Å². The average molecular weight is 251 g/mol. The van der Waals surface area contributed by atoms with Crippen LogP contribution >= 0.6 is 11.6 Å². The second-order valence-electron chi connectivity index (χ2n) is 5.11. The molecule has 0 radical (unpaired) electrons. The van der Waals surface area contributed by atoms with Gasteiger partial charge in [-0.25, -0.2) is 0 Å². The van der Waals surface area contributed by atoms with Crippen LogP contribution in [0, 0.1) is 16.7 Å². The van der Waals surface area contributed by atoms with E-state index in [1.54, 1.807) is 0 Å². The molecule has 0 atom stereocenters. The van der Waals surface area contributed by atoms with E-state index in [9.17, 15) is 0 Å². The third kappa shape index (κ3) is 5.21. The molecule has 0 saturated heterocycles. The highest BCUT2D eigenvalue weighted by atomic mass is 35.5. The van der Waals surface area contributed by atoms with Crippen molar-refractivity contribution in [2.24, 2.45) is 5.41 Å². The lowest BCUT2D eigenvalue weighted by atomic mass is 9.91. The van der Waals surface area contributed by atoms with Gasteiger partial charge in [0, 0.05) is 11.6 Å². The monoisotopic (exact) mass is 250 g/mol. The van der Waals surface area contributed by atoms with Crippen LogP contribution in [0.3, 0.4) is 0 Å². The van der Waals surface area contributed by atoms with Crippen molar-refractivity contribution in [1.29, 1.82) is 5.26 Å². The number of nitriles is 1. The van der Waals surface area contributed by atoms with Crippen molar-refractivity contribution in [2.75, 3.05) is 13.6 Å². The standard InChI is InChI=1S/C14H19ClN2/c1-14(2,11-16)8-9-17(3)10-12-4-6-13(15)7-5-12/h4-7H,8-10H2,1-3H3. The second kappa shape index (κ2) is 6.05. The van der Waals surface area contributed by atoms with Gasteiger partial charge in [0.1, 0.15) is 0 Å². The molecule has 1 aromatic carbocycles. The van der Waals surface area contributed by atoms with Crippen LogP contribution in [0.2, 0.25) is 5.02 Å². The van der Waals surface area contributed by atoms with E-state index in [4.69, 9.17) is 16.9 Å². The highest BCUT2D eigenvalue weighted by Crippen LogP contribution is 2.19. The van der Waals surface area contributed by atoms with E-state index in [0.717, 1.165) is 24.5 Å². The fourth-order valence-corrected chi connectivity index (χ4v) is 1.63. The third-order valence-electron chi connectivity index (χ3n) is 2.79. The maximum absolute atomic E-state index is 8.94. The molecule has 2 nitrogen and oxygen atoms in total. The summed E-state index contributed by atoms with van der Waals surface area (Å²) in [6.07, 6.45) is 0.883. The summed E-state index contributed by atoms with van der Waals surface area (Å²) in [6, 6.07) is 10.2. The number of rotatable bonds is 5. The maximum Gasteiger partial charge on any atom is 0.0684 e. The first-order valence-electron chi connectivity index (χ1n) is 5.77. The van der Waals surface area contributed by atoms with Gasteiger partial charge in [0.15, 0.2) is 0 Å². The van der Waals surface area contributed by atoms with Crippen molar-refractivity contribution in [3.8, 4) is 6.07 Å². The minimum atomic E-state index is -0.242. The van der Waals surface area contributed by atoms with Crippen LogP contribution in [-0.4, -0.2) is 18.5 Å². The van der Waals surface area contributed by atoms with E-state index in [2.05, 4.69) is 18.0 Å². The van der Waals surface area contributed by atoms with E-state index in [1.165, 1.54) is 5.56 Å². The summed E-state index contributed by atoms with van der Waals surface area (Å²) in [5, 5.41) is 9.71. The van der Waals surface area contributed by atoms with E-state index >= 15 is 0 Å². The summed E-state index contributed by atoms with van der Waals surface area (Å²) in [5.41, 5.74) is 1.00. The maximum atomic E-state index is 8.94. The molecule has 0 heterocycles. The molecule has 0 fully saturated rings. The van der Waals surface area contributed by atoms with Gasteiger partial charge in [0.2, 0.25) is 0 Å². The first-order chi connectivity index (χ1) is 7.93. The summed E-state index contributed by atoms with van der Waals surface area (Å²) >= 11 is 5.84. The van der Waals surface area contributed by atoms with Crippen LogP contribution < -0.4 is 0 Å². The van der Waals surface area contributed by atoms with Gasteiger partial charge in [-0.2, -0.15) is 5.26 Å². The Labute approximate surface area is 109 Å². The van der Waals surface area contributed by atoms with Crippen molar-refractivity contribution in [1.82, 2.24) is 4.90 Å². The fraction of sp³-hybridized carbons (Fsp3) is 0.500. The Hall–Kier alpha value is -1.04. The molecule has 0 saturated carbocycles. The van der Waals surface area contributed by atoms with E-state index < -0.39 is 0 Å². The largest absolute Gasteiger partial charge is 0.302 e. The van der Waals surface area contributed by atoms with Gasteiger partial charge < -0.3 is 4.90 Å². The molecule has 0 aliphatic heterocycles. The summed E-state index contributed by atoms with van der Waals surface area (Å²) in [4.78, 5) is 2.22. The molecule has 0 unspecified atom stereocenters. The highest BCUT2D eigenvalue weighted by molar-refractivity contribution is 6.30. The molecule has 0 aliphatic rings. The summed E-state index contributed by atoms with van der Waals surface area (Å²) in [6.45, 7) is 5.76. The average Bonchev–Trinajstić information content (AvgIpc) is 2.30. The van der Waals surface area contributed by atoms with Crippen LogP contribution in [0.25, 0.3) is 0 Å². The third-order valence-corrected chi connectivity index (χ3v) is 3.04. The van der Waals surface area contributed by atoms with Crippen molar-refractivity contribution in [2.45, 2.75) is 26.8 Å². The highest BCUT2D eigenvalue weighted by Gasteiger charge is 2.16. The number of benzene rings is 1. The lowest BCUT2D eigenvalue weighted by Crippen LogP contribution is -2.23. The molecule has 0 N–H and O–H groups in total. The van der Waals surface area contributed by atoms with Crippen LogP contribution in [0.4, 0.5) is 0 Å². The Morgan fingerprint density at radius 2 is 1.88 bits per heavy atom. The Kier molecular flexibility index (Phi) is 4.99. The number of hydrogen-bond acceptors (Lipinski definition) is 2. The van der Waals surface area contributed by atoms with Crippen molar-refractivity contribution in [3.05, 3.63) is 34.9 Å². The van der Waals surface area contributed by atoms with Crippen molar-refractivity contribution < 1.29 is 0 Å². The summed E-state index contributed by atoms with van der Waals surface area (Å²) in [7, 11) is 2.07. The van der Waals surface area contributed by atoms with E-state index in [0.29, 0.717) is 0 Å². The molecule has 0 amide bonds. The first-order valence-corrected chi connectivity index (χ1v) is 6.15. The van der Waals surface area contributed by atoms with E-state index in [-0.39, 0.29) is 5.41 Å². The SMILES string of the molecule is CN(CCC(C)(C)C#N)Cc1ccc(Cl)cc1. The first kappa shape index (κ1) is 14.0. The Morgan fingerprint density at radius 3 is 2.41 bits per heavy atom. The predicted molar refractivity (Wildman–Crippen MR) is 71.8 cm³/mol. The molecule has 0 aliphatic carbocycles. The van der Waals surface area contributed by atoms with Crippen LogP contribution in [-0.2, 0) is 6.54 Å². The molecular formula is C14H19ClN2. The van der Waals surface area contributed by atoms with Crippen molar-refractivity contribution in [3.63, 3.8) is 0 Å². The Morgan fingerprint density at radius 1 is 1.29 bits per heavy atom. The van der Waals surface area contributed by atoms with E-state index in [1.807, 2.05) is 38.1 Å². The minimum absolute atomic E-state index is 0.242. The second-order valence-corrected chi connectivity index (χ2v) is 5.55. The molecule has 0 bridgehead atoms. The van der Waals surface area contributed by atoms with Gasteiger partial charge >= 0.3 is 0 Å². The quantitative estimate of drug-likeness (QED) is 0.797. The molecule has 17 heavy (non-hydrogen) atoms. The molecule has 1 rings (SSSR count). The van der Waals surface area contributed by atoms with Crippen molar-refractivity contribution >= 4 is 11.6 Å². The normalized spacial score (nSPS) is 11.5. The van der Waals surface area contributed by atoms with Crippen LogP contribution in [0.15, 0.2) is 24.3 Å². The molecule has 92 valence electrons. The lowest BCUT2D eigenvalue weighted by molar-refractivity contribution is 0.280. The van der Waals surface area contributed by atoms with Gasteiger partial charge in [0.05, 0.1) is 11.5 Å². The number of halogens is 1. The molecule has 0 aromatic heterocycles. The van der Waals surface area contributed by atoms with Gasteiger partial charge in [-0.1, -0.05) is 23.7 Å². The van der Waals surface area contributed by atoms with Crippen LogP contribution in [0.5, 0.6) is 0 Å². The fourth-order valence-electron chi connectivity index (χ4n) is 1.51. The Bertz CT molecular complexity index is 390. The zero-order chi connectivity index (χ0) is 12.9. The summed E-state index contributed by atoms with van der Waals surface area (Å²) in [5.74, 6) is 0. The minimum Gasteiger partial charge on any atom is -0.302 e. The smallest absolute Gasteiger partial charge is 0.0684 e. The zero-order valence-electron chi connectivity index (χ0n) is 10.7. The molecular weight excluding hydrogens is 232 g/mol. The van der Waals surface area contributed by atoms with Gasteiger partial charge in [-0.15, -0.1) is 0 Å². The van der Waals surface area contributed by atoms with Gasteiger partial charge in [-0.05, 0) is 51.6 Å². The lowest BCUT2D eigenvalue weighted by Gasteiger charge is -2.21. The predicted octanol–water partition coefficient (Wildman–Crippen LogP) is 3.71. The molecule has 0 spiro atoms. The topological polar surface area (TPSA) is 27.0 Å². The molecule has 3 heteroatoms. The zero-order valence-corrected chi connectivity index (χ0v) is 11.5. The van der Waals surface area contributed by atoms with Gasteiger partial charge in [-0.3, -0.25) is 0 Å². The number of hydrogen-bond donors (Lipinski definition) is 0. The number of nitrogens with zero attached hydrogens (tertiary/aromatic N) is 2. The molecule has 1 aromatic rings. The van der Waals surface area contributed by atoms with Crippen LogP contribution in [0.1, 0.15) is 25.8 Å².